The molecule has 1 unspecified atom stereocenters. The van der Waals surface area contributed by atoms with Gasteiger partial charge in [0.1, 0.15) is 17.5 Å². The Morgan fingerprint density at radius 1 is 1.23 bits per heavy atom. The van der Waals surface area contributed by atoms with E-state index in [2.05, 4.69) is 15.3 Å². The van der Waals surface area contributed by atoms with Crippen LogP contribution in [0.1, 0.15) is 69.1 Å². The van der Waals surface area contributed by atoms with Crippen LogP contribution in [0, 0.1) is 17.8 Å². The molecule has 30 heavy (non-hydrogen) atoms. The number of nitrogens with one attached hydrogen (secondary N) is 1. The van der Waals surface area contributed by atoms with Gasteiger partial charge in [0.15, 0.2) is 9.84 Å². The van der Waals surface area contributed by atoms with E-state index in [0.717, 1.165) is 49.2 Å². The molecule has 1 N–H and O–H groups in total. The predicted molar refractivity (Wildman–Crippen MR) is 114 cm³/mol. The minimum Gasteiger partial charge on any atom is -0.474 e. The number of amides is 1. The molecule has 4 rings (SSSR count). The van der Waals surface area contributed by atoms with Crippen LogP contribution in [0.15, 0.2) is 17.7 Å². The number of carbonyl (C=O) groups excluding carboxylic acids is 1. The largest absolute Gasteiger partial charge is 0.474 e. The fourth-order valence-corrected chi connectivity index (χ4v) is 4.58. The molecule has 0 saturated heterocycles. The number of fused-ring (bicyclic) bond motifs is 1. The van der Waals surface area contributed by atoms with Crippen LogP contribution >= 0.6 is 0 Å². The lowest BCUT2D eigenvalue weighted by Crippen LogP contribution is -2.36. The molecule has 8 heteroatoms. The van der Waals surface area contributed by atoms with Gasteiger partial charge in [0.25, 0.3) is 5.91 Å². The minimum absolute atomic E-state index is 0.0902. The standard InChI is InChI=1S/C22H31N3O4S/c1-22(2,3)21-23-12-17(20(25-21)29-16-10-14-9-15(14)11-16)19(26)24-18(13-5-6-13)7-8-30(4,27)28/h7-8,12-16,18H,5-6,9-11H2,1-4H3,(H,24,26)/b8-7+/t14-,15+,16-,18?. The molecule has 3 saturated carbocycles. The van der Waals surface area contributed by atoms with Crippen molar-refractivity contribution >= 4 is 15.7 Å². The summed E-state index contributed by atoms with van der Waals surface area (Å²) in [6, 6.07) is -0.332. The van der Waals surface area contributed by atoms with Gasteiger partial charge < -0.3 is 10.1 Å². The maximum absolute atomic E-state index is 13.1. The van der Waals surface area contributed by atoms with E-state index in [1.165, 1.54) is 12.6 Å². The predicted octanol–water partition coefficient (Wildman–Crippen LogP) is 3.02. The highest BCUT2D eigenvalue weighted by Gasteiger charge is 2.47. The highest BCUT2D eigenvalue weighted by Crippen LogP contribution is 2.52. The molecule has 3 fully saturated rings. The number of nitrogens with zero attached hydrogens (tertiary/aromatic N) is 2. The number of rotatable bonds is 7. The van der Waals surface area contributed by atoms with Crippen LogP contribution in [0.3, 0.4) is 0 Å². The first-order chi connectivity index (χ1) is 14.0. The summed E-state index contributed by atoms with van der Waals surface area (Å²) in [5, 5.41) is 4.12. The molecule has 3 aliphatic carbocycles. The van der Waals surface area contributed by atoms with Gasteiger partial charge in [-0.05, 0) is 49.9 Å². The van der Waals surface area contributed by atoms with Crippen molar-refractivity contribution in [3.05, 3.63) is 29.1 Å². The normalized spacial score (nSPS) is 27.0. The molecule has 1 amide bonds. The molecule has 7 nitrogen and oxygen atoms in total. The molecule has 1 aromatic rings. The molecular formula is C22H31N3O4S. The van der Waals surface area contributed by atoms with E-state index in [9.17, 15) is 13.2 Å². The Bertz CT molecular complexity index is 953. The minimum atomic E-state index is -3.25. The van der Waals surface area contributed by atoms with E-state index < -0.39 is 9.84 Å². The zero-order chi connectivity index (χ0) is 21.7. The Kier molecular flexibility index (Phi) is 5.41. The molecule has 0 aliphatic heterocycles. The van der Waals surface area contributed by atoms with Crippen LogP contribution < -0.4 is 10.1 Å². The van der Waals surface area contributed by atoms with Crippen LogP contribution in [0.2, 0.25) is 0 Å². The molecule has 0 bridgehead atoms. The van der Waals surface area contributed by atoms with Crippen LogP contribution in [-0.4, -0.2) is 42.7 Å². The second-order valence-corrected chi connectivity index (χ2v) is 12.1. The van der Waals surface area contributed by atoms with Crippen LogP contribution in [-0.2, 0) is 15.3 Å². The molecule has 0 radical (unpaired) electrons. The Balaban J connectivity index is 1.56. The van der Waals surface area contributed by atoms with E-state index in [1.807, 2.05) is 20.8 Å². The van der Waals surface area contributed by atoms with Gasteiger partial charge in [-0.25, -0.2) is 13.4 Å². The number of hydrogen-bond donors (Lipinski definition) is 1. The first kappa shape index (κ1) is 21.3. The Morgan fingerprint density at radius 2 is 1.90 bits per heavy atom. The monoisotopic (exact) mass is 433 g/mol. The first-order valence-electron chi connectivity index (χ1n) is 10.7. The highest BCUT2D eigenvalue weighted by molar-refractivity contribution is 7.93. The third-order valence-corrected chi connectivity index (χ3v) is 6.76. The number of hydrogen-bond acceptors (Lipinski definition) is 6. The van der Waals surface area contributed by atoms with Gasteiger partial charge in [0, 0.05) is 23.3 Å². The van der Waals surface area contributed by atoms with Crippen molar-refractivity contribution in [3.8, 4) is 5.88 Å². The lowest BCUT2D eigenvalue weighted by Gasteiger charge is -2.22. The topological polar surface area (TPSA) is 98.2 Å². The SMILES string of the molecule is CC(C)(C)c1ncc(C(=O)NC(/C=C/S(C)(=O)=O)C2CC2)c(O[C@H]2C[C@@H]3C[C@@H]3C2)n1. The van der Waals surface area contributed by atoms with Gasteiger partial charge in [0.05, 0.1) is 6.04 Å². The smallest absolute Gasteiger partial charge is 0.258 e. The van der Waals surface area contributed by atoms with Crippen molar-refractivity contribution < 1.29 is 17.9 Å². The summed E-state index contributed by atoms with van der Waals surface area (Å²) in [5.74, 6) is 2.41. The van der Waals surface area contributed by atoms with Gasteiger partial charge in [-0.15, -0.1) is 0 Å². The summed E-state index contributed by atoms with van der Waals surface area (Å²) in [5.41, 5.74) is 0.0432. The molecule has 1 heterocycles. The maximum atomic E-state index is 13.1. The van der Waals surface area contributed by atoms with Crippen molar-refractivity contribution in [2.45, 2.75) is 70.4 Å². The Hall–Kier alpha value is -1.96. The maximum Gasteiger partial charge on any atom is 0.258 e. The third kappa shape index (κ3) is 5.20. The fraction of sp³-hybridized carbons (Fsp3) is 0.682. The van der Waals surface area contributed by atoms with Gasteiger partial charge in [-0.2, -0.15) is 4.98 Å². The zero-order valence-corrected chi connectivity index (χ0v) is 18.9. The summed E-state index contributed by atoms with van der Waals surface area (Å²) in [7, 11) is -3.25. The lowest BCUT2D eigenvalue weighted by atomic mass is 9.95. The lowest BCUT2D eigenvalue weighted by molar-refractivity contribution is 0.0929. The average Bonchev–Trinajstić information content (AvgIpc) is 3.56. The first-order valence-corrected chi connectivity index (χ1v) is 12.7. The Labute approximate surface area is 178 Å². The molecule has 0 spiro atoms. The van der Waals surface area contributed by atoms with Crippen LogP contribution in [0.25, 0.3) is 0 Å². The van der Waals surface area contributed by atoms with Gasteiger partial charge in [-0.3, -0.25) is 4.79 Å². The zero-order valence-electron chi connectivity index (χ0n) is 18.1. The van der Waals surface area contributed by atoms with Crippen molar-refractivity contribution in [1.29, 1.82) is 0 Å². The third-order valence-electron chi connectivity index (χ3n) is 6.11. The summed E-state index contributed by atoms with van der Waals surface area (Å²) >= 11 is 0. The fourth-order valence-electron chi connectivity index (χ4n) is 4.12. The van der Waals surface area contributed by atoms with Crippen LogP contribution in [0.5, 0.6) is 5.88 Å². The van der Waals surface area contributed by atoms with Gasteiger partial charge in [0.2, 0.25) is 5.88 Å². The van der Waals surface area contributed by atoms with Crippen molar-refractivity contribution in [2.75, 3.05) is 6.26 Å². The second kappa shape index (κ2) is 7.62. The van der Waals surface area contributed by atoms with E-state index in [0.29, 0.717) is 17.3 Å². The Morgan fingerprint density at radius 3 is 2.47 bits per heavy atom. The van der Waals surface area contributed by atoms with E-state index in [4.69, 9.17) is 4.74 Å². The molecule has 4 atom stereocenters. The summed E-state index contributed by atoms with van der Waals surface area (Å²) in [6.07, 6.45) is 9.60. The quantitative estimate of drug-likeness (QED) is 0.710. The molecule has 0 aromatic carbocycles. The molecule has 1 aromatic heterocycles. The van der Waals surface area contributed by atoms with Crippen molar-refractivity contribution in [3.63, 3.8) is 0 Å². The highest BCUT2D eigenvalue weighted by atomic mass is 32.2. The number of ether oxygens (including phenoxy) is 1. The average molecular weight is 434 g/mol. The number of aromatic nitrogens is 2. The van der Waals surface area contributed by atoms with Gasteiger partial charge in [-0.1, -0.05) is 26.8 Å². The summed E-state index contributed by atoms with van der Waals surface area (Å²) in [4.78, 5) is 22.1. The van der Waals surface area contributed by atoms with Crippen molar-refractivity contribution in [2.24, 2.45) is 17.8 Å². The molecule has 164 valence electrons. The molecular weight excluding hydrogens is 402 g/mol. The summed E-state index contributed by atoms with van der Waals surface area (Å²) in [6.45, 7) is 6.07. The van der Waals surface area contributed by atoms with Gasteiger partial charge >= 0.3 is 0 Å². The number of sulfone groups is 1. The van der Waals surface area contributed by atoms with E-state index in [-0.39, 0.29) is 29.4 Å². The van der Waals surface area contributed by atoms with Crippen LogP contribution in [0.4, 0.5) is 0 Å². The van der Waals surface area contributed by atoms with E-state index in [1.54, 1.807) is 6.08 Å². The summed E-state index contributed by atoms with van der Waals surface area (Å²) < 4.78 is 29.2. The van der Waals surface area contributed by atoms with E-state index >= 15 is 0 Å². The van der Waals surface area contributed by atoms with Crippen molar-refractivity contribution in [1.82, 2.24) is 15.3 Å². The second-order valence-electron chi connectivity index (χ2n) is 10.1. The molecule has 3 aliphatic rings. The number of carbonyl (C=O) groups is 1.